The van der Waals surface area contributed by atoms with Crippen LogP contribution in [0.1, 0.15) is 11.1 Å². The van der Waals surface area contributed by atoms with Gasteiger partial charge in [-0.05, 0) is 24.6 Å². The van der Waals surface area contributed by atoms with Gasteiger partial charge in [-0.25, -0.2) is 8.42 Å². The third kappa shape index (κ3) is 4.98. The van der Waals surface area contributed by atoms with Gasteiger partial charge in [0.25, 0.3) is 5.69 Å². The summed E-state index contributed by atoms with van der Waals surface area (Å²) in [5.41, 5.74) is 1.52. The normalized spacial score (nSPS) is 12.0. The Bertz CT molecular complexity index is 875. The predicted molar refractivity (Wildman–Crippen MR) is 98.1 cm³/mol. The lowest BCUT2D eigenvalue weighted by atomic mass is 10.2. The fourth-order valence-corrected chi connectivity index (χ4v) is 3.68. The first-order chi connectivity index (χ1) is 12.3. The molecule has 0 saturated carbocycles. The number of aliphatic hydroxyl groups is 1. The third-order valence-corrected chi connectivity index (χ3v) is 5.57. The highest BCUT2D eigenvalue weighted by Gasteiger charge is 2.23. The number of rotatable bonds is 8. The first-order valence-electron chi connectivity index (χ1n) is 7.90. The molecule has 0 amide bonds. The lowest BCUT2D eigenvalue weighted by Gasteiger charge is -2.21. The lowest BCUT2D eigenvalue weighted by Crippen LogP contribution is -2.31. The van der Waals surface area contributed by atoms with Crippen molar-refractivity contribution < 1.29 is 18.4 Å². The fourth-order valence-electron chi connectivity index (χ4n) is 2.30. The molecule has 26 heavy (non-hydrogen) atoms. The average Bonchev–Trinajstić information content (AvgIpc) is 2.61. The van der Waals surface area contributed by atoms with Crippen LogP contribution in [0.25, 0.3) is 0 Å². The molecule has 0 bridgehead atoms. The van der Waals surface area contributed by atoms with Crippen LogP contribution in [0.2, 0.25) is 0 Å². The molecule has 0 aliphatic heterocycles. The van der Waals surface area contributed by atoms with Crippen LogP contribution in [0.15, 0.2) is 65.6 Å². The van der Waals surface area contributed by atoms with Crippen molar-refractivity contribution in [3.63, 3.8) is 0 Å². The number of aryl methyl sites for hydroxylation is 1. The van der Waals surface area contributed by atoms with Crippen molar-refractivity contribution >= 4 is 15.7 Å². The molecule has 0 atom stereocenters. The van der Waals surface area contributed by atoms with Gasteiger partial charge in [0.05, 0.1) is 16.4 Å². The van der Waals surface area contributed by atoms with Gasteiger partial charge in [-0.15, -0.1) is 0 Å². The second-order valence-electron chi connectivity index (χ2n) is 5.69. The van der Waals surface area contributed by atoms with Crippen molar-refractivity contribution in [2.24, 2.45) is 0 Å². The standard InChI is InChI=1S/C18H20N2O5S/c1-15-4-10-18(11-5-15)26(24,25)19(12-2-3-13-21)14-16-6-8-17(9-7-16)20(22)23/h2-11,21H,12-14H2,1H3/b3-2-. The van der Waals surface area contributed by atoms with Gasteiger partial charge in [0.15, 0.2) is 0 Å². The highest BCUT2D eigenvalue weighted by atomic mass is 32.2. The van der Waals surface area contributed by atoms with Crippen LogP contribution in [-0.2, 0) is 16.6 Å². The zero-order valence-corrected chi connectivity index (χ0v) is 15.1. The van der Waals surface area contributed by atoms with Gasteiger partial charge in [0.2, 0.25) is 10.0 Å². The molecule has 0 aliphatic carbocycles. The van der Waals surface area contributed by atoms with Crippen LogP contribution in [0, 0.1) is 17.0 Å². The molecule has 0 heterocycles. The summed E-state index contributed by atoms with van der Waals surface area (Å²) < 4.78 is 27.1. The predicted octanol–water partition coefficient (Wildman–Crippen LogP) is 2.64. The Labute approximate surface area is 152 Å². The summed E-state index contributed by atoms with van der Waals surface area (Å²) in [5, 5.41) is 19.6. The van der Waals surface area contributed by atoms with Gasteiger partial charge < -0.3 is 5.11 Å². The first kappa shape index (κ1) is 19.8. The maximum absolute atomic E-state index is 12.9. The zero-order valence-electron chi connectivity index (χ0n) is 14.3. The molecule has 7 nitrogen and oxygen atoms in total. The van der Waals surface area contributed by atoms with Crippen molar-refractivity contribution in [1.29, 1.82) is 0 Å². The number of non-ortho nitro benzene ring substituents is 1. The number of aliphatic hydroxyl groups excluding tert-OH is 1. The average molecular weight is 376 g/mol. The molecule has 0 aromatic heterocycles. The summed E-state index contributed by atoms with van der Waals surface area (Å²) in [6.45, 7) is 1.82. The molecule has 0 aliphatic rings. The highest BCUT2D eigenvalue weighted by molar-refractivity contribution is 7.89. The summed E-state index contributed by atoms with van der Waals surface area (Å²) >= 11 is 0. The van der Waals surface area contributed by atoms with E-state index in [0.29, 0.717) is 5.56 Å². The highest BCUT2D eigenvalue weighted by Crippen LogP contribution is 2.20. The Morgan fingerprint density at radius 2 is 1.69 bits per heavy atom. The van der Waals surface area contributed by atoms with Gasteiger partial charge in [0, 0.05) is 25.2 Å². The van der Waals surface area contributed by atoms with Crippen molar-refractivity contribution in [2.75, 3.05) is 13.2 Å². The van der Waals surface area contributed by atoms with E-state index in [4.69, 9.17) is 5.11 Å². The third-order valence-electron chi connectivity index (χ3n) is 3.75. The van der Waals surface area contributed by atoms with Crippen LogP contribution >= 0.6 is 0 Å². The number of benzene rings is 2. The zero-order chi connectivity index (χ0) is 19.2. The summed E-state index contributed by atoms with van der Waals surface area (Å²) in [5.74, 6) is 0. The minimum Gasteiger partial charge on any atom is -0.392 e. The molecule has 0 fully saturated rings. The topological polar surface area (TPSA) is 101 Å². The van der Waals surface area contributed by atoms with Gasteiger partial charge in [-0.2, -0.15) is 4.31 Å². The smallest absolute Gasteiger partial charge is 0.269 e. The van der Waals surface area contributed by atoms with Crippen molar-refractivity contribution in [3.05, 3.63) is 81.9 Å². The maximum Gasteiger partial charge on any atom is 0.269 e. The molecule has 0 saturated heterocycles. The molecule has 2 aromatic carbocycles. The van der Waals surface area contributed by atoms with Crippen molar-refractivity contribution in [3.8, 4) is 0 Å². The molecular formula is C18H20N2O5S. The van der Waals surface area contributed by atoms with E-state index in [0.717, 1.165) is 5.56 Å². The number of hydrogen-bond acceptors (Lipinski definition) is 5. The Kier molecular flexibility index (Phi) is 6.62. The van der Waals surface area contributed by atoms with E-state index in [2.05, 4.69) is 0 Å². The SMILES string of the molecule is Cc1ccc(S(=O)(=O)N(C/C=C\CO)Cc2ccc([N+](=O)[O-])cc2)cc1. The molecular weight excluding hydrogens is 356 g/mol. The van der Waals surface area contributed by atoms with E-state index in [1.54, 1.807) is 30.3 Å². The quantitative estimate of drug-likeness (QED) is 0.434. The summed E-state index contributed by atoms with van der Waals surface area (Å²) in [4.78, 5) is 10.4. The van der Waals surface area contributed by atoms with Gasteiger partial charge in [0.1, 0.15) is 0 Å². The summed E-state index contributed by atoms with van der Waals surface area (Å²) in [6.07, 6.45) is 3.03. The van der Waals surface area contributed by atoms with E-state index in [9.17, 15) is 18.5 Å². The minimum absolute atomic E-state index is 0.0538. The fraction of sp³-hybridized carbons (Fsp3) is 0.222. The van der Waals surface area contributed by atoms with E-state index in [1.807, 2.05) is 6.92 Å². The van der Waals surface area contributed by atoms with Crippen molar-refractivity contribution in [2.45, 2.75) is 18.4 Å². The Morgan fingerprint density at radius 1 is 1.08 bits per heavy atom. The molecule has 1 N–H and O–H groups in total. The van der Waals surface area contributed by atoms with E-state index in [1.165, 1.54) is 34.6 Å². The van der Waals surface area contributed by atoms with Crippen LogP contribution < -0.4 is 0 Å². The number of hydrogen-bond donors (Lipinski definition) is 1. The van der Waals surface area contributed by atoms with E-state index >= 15 is 0 Å². The Morgan fingerprint density at radius 3 is 2.23 bits per heavy atom. The molecule has 2 aromatic rings. The van der Waals surface area contributed by atoms with E-state index in [-0.39, 0.29) is 30.3 Å². The van der Waals surface area contributed by atoms with Gasteiger partial charge >= 0.3 is 0 Å². The van der Waals surface area contributed by atoms with E-state index < -0.39 is 14.9 Å². The summed E-state index contributed by atoms with van der Waals surface area (Å²) in [6, 6.07) is 12.3. The largest absolute Gasteiger partial charge is 0.392 e. The van der Waals surface area contributed by atoms with Gasteiger partial charge in [-0.1, -0.05) is 42.0 Å². The molecule has 2 rings (SSSR count). The number of nitro groups is 1. The Hall–Kier alpha value is -2.55. The number of nitro benzene ring substituents is 1. The molecule has 0 spiro atoms. The van der Waals surface area contributed by atoms with Crippen LogP contribution in [0.4, 0.5) is 5.69 Å². The molecule has 138 valence electrons. The van der Waals surface area contributed by atoms with Crippen LogP contribution in [0.5, 0.6) is 0 Å². The van der Waals surface area contributed by atoms with Crippen molar-refractivity contribution in [1.82, 2.24) is 4.31 Å². The number of nitrogens with zero attached hydrogens (tertiary/aromatic N) is 2. The Balaban J connectivity index is 2.31. The monoisotopic (exact) mass is 376 g/mol. The maximum atomic E-state index is 12.9. The number of sulfonamides is 1. The first-order valence-corrected chi connectivity index (χ1v) is 9.34. The van der Waals surface area contributed by atoms with Crippen LogP contribution in [0.3, 0.4) is 0 Å². The molecule has 0 unspecified atom stereocenters. The molecule has 0 radical (unpaired) electrons. The minimum atomic E-state index is -3.76. The second kappa shape index (κ2) is 8.70. The summed E-state index contributed by atoms with van der Waals surface area (Å²) in [7, 11) is -3.76. The van der Waals surface area contributed by atoms with Crippen LogP contribution in [-0.4, -0.2) is 35.9 Å². The lowest BCUT2D eigenvalue weighted by molar-refractivity contribution is -0.384. The van der Waals surface area contributed by atoms with Gasteiger partial charge in [-0.3, -0.25) is 10.1 Å². The molecule has 8 heteroatoms. The second-order valence-corrected chi connectivity index (χ2v) is 7.63.